The van der Waals surface area contributed by atoms with Crippen molar-refractivity contribution in [3.63, 3.8) is 0 Å². The zero-order valence-corrected chi connectivity index (χ0v) is 11.8. The zero-order valence-electron chi connectivity index (χ0n) is 11.8. The lowest BCUT2D eigenvalue weighted by Gasteiger charge is -2.04. The first-order chi connectivity index (χ1) is 10.4. The van der Waals surface area contributed by atoms with E-state index in [4.69, 9.17) is 0 Å². The van der Waals surface area contributed by atoms with Crippen LogP contribution in [0.3, 0.4) is 0 Å². The van der Waals surface area contributed by atoms with Crippen molar-refractivity contribution in [3.8, 4) is 11.8 Å². The molecule has 0 heteroatoms. The molecule has 0 radical (unpaired) electrons. The lowest BCUT2D eigenvalue weighted by atomic mass is 10.00. The van der Waals surface area contributed by atoms with Gasteiger partial charge in [0.15, 0.2) is 0 Å². The van der Waals surface area contributed by atoms with Gasteiger partial charge in [-0.25, -0.2) is 0 Å². The van der Waals surface area contributed by atoms with Crippen molar-refractivity contribution in [3.05, 3.63) is 107 Å². The normalized spacial score (nSPS) is 9.71. The molecule has 0 saturated heterocycles. The van der Waals surface area contributed by atoms with E-state index in [1.165, 1.54) is 11.1 Å². The van der Waals surface area contributed by atoms with Gasteiger partial charge in [0, 0.05) is 11.1 Å². The van der Waals surface area contributed by atoms with Crippen LogP contribution in [0.1, 0.15) is 22.3 Å². The van der Waals surface area contributed by atoms with Crippen molar-refractivity contribution in [1.82, 2.24) is 0 Å². The van der Waals surface area contributed by atoms with Crippen LogP contribution in [0.2, 0.25) is 0 Å². The molecule has 0 heterocycles. The highest BCUT2D eigenvalue weighted by Gasteiger charge is 2.00. The molecular formula is C21H16. The molecule has 0 bridgehead atoms. The van der Waals surface area contributed by atoms with Crippen LogP contribution in [0.15, 0.2) is 84.9 Å². The first-order valence-corrected chi connectivity index (χ1v) is 7.11. The first-order valence-electron chi connectivity index (χ1n) is 7.11. The molecule has 21 heavy (non-hydrogen) atoms. The summed E-state index contributed by atoms with van der Waals surface area (Å²) in [6.07, 6.45) is 0.917. The van der Waals surface area contributed by atoms with Gasteiger partial charge in [0.1, 0.15) is 0 Å². The third kappa shape index (κ3) is 3.61. The van der Waals surface area contributed by atoms with Crippen LogP contribution in [0.25, 0.3) is 0 Å². The van der Waals surface area contributed by atoms with Crippen molar-refractivity contribution in [2.45, 2.75) is 6.42 Å². The first kappa shape index (κ1) is 13.2. The highest BCUT2D eigenvalue weighted by Crippen LogP contribution is 2.13. The maximum atomic E-state index is 3.30. The van der Waals surface area contributed by atoms with Gasteiger partial charge in [0.25, 0.3) is 0 Å². The summed E-state index contributed by atoms with van der Waals surface area (Å²) in [6.45, 7) is 0. The standard InChI is InChI=1S/C21H16/c1-3-9-18(10-4-1)15-16-20-13-7-8-14-21(20)17-19-11-5-2-6-12-19/h1-14H,17H2. The van der Waals surface area contributed by atoms with Gasteiger partial charge in [-0.2, -0.15) is 0 Å². The van der Waals surface area contributed by atoms with Crippen LogP contribution in [-0.4, -0.2) is 0 Å². The van der Waals surface area contributed by atoms with E-state index in [0.29, 0.717) is 0 Å². The van der Waals surface area contributed by atoms with Crippen molar-refractivity contribution < 1.29 is 0 Å². The highest BCUT2D eigenvalue weighted by atomic mass is 14.0. The molecule has 3 rings (SSSR count). The molecule has 3 aromatic carbocycles. The fourth-order valence-electron chi connectivity index (χ4n) is 2.27. The van der Waals surface area contributed by atoms with Gasteiger partial charge >= 0.3 is 0 Å². The Morgan fingerprint density at radius 1 is 0.571 bits per heavy atom. The van der Waals surface area contributed by atoms with Crippen LogP contribution in [-0.2, 0) is 6.42 Å². The summed E-state index contributed by atoms with van der Waals surface area (Å²) in [5.74, 6) is 6.54. The summed E-state index contributed by atoms with van der Waals surface area (Å²) in [6, 6.07) is 29.0. The maximum Gasteiger partial charge on any atom is 0.0284 e. The minimum Gasteiger partial charge on any atom is -0.0622 e. The molecule has 0 spiro atoms. The van der Waals surface area contributed by atoms with Crippen LogP contribution in [0.4, 0.5) is 0 Å². The molecule has 0 aliphatic heterocycles. The quantitative estimate of drug-likeness (QED) is 0.592. The Balaban J connectivity index is 1.89. The molecule has 0 N–H and O–H groups in total. The Hall–Kier alpha value is -2.78. The molecule has 100 valence electrons. The van der Waals surface area contributed by atoms with Gasteiger partial charge in [0.05, 0.1) is 0 Å². The predicted molar refractivity (Wildman–Crippen MR) is 88.1 cm³/mol. The van der Waals surface area contributed by atoms with E-state index < -0.39 is 0 Å². The SMILES string of the molecule is C(#Cc1ccccc1Cc1ccccc1)c1ccccc1. The Morgan fingerprint density at radius 3 is 1.95 bits per heavy atom. The molecule has 0 aromatic heterocycles. The number of hydrogen-bond acceptors (Lipinski definition) is 0. The van der Waals surface area contributed by atoms with Crippen LogP contribution in [0.5, 0.6) is 0 Å². The van der Waals surface area contributed by atoms with Gasteiger partial charge in [0.2, 0.25) is 0 Å². The summed E-state index contributed by atoms with van der Waals surface area (Å²) in [5, 5.41) is 0. The van der Waals surface area contributed by atoms with Crippen LogP contribution in [0, 0.1) is 11.8 Å². The number of benzene rings is 3. The van der Waals surface area contributed by atoms with E-state index in [-0.39, 0.29) is 0 Å². The van der Waals surface area contributed by atoms with Crippen molar-refractivity contribution >= 4 is 0 Å². The van der Waals surface area contributed by atoms with Crippen molar-refractivity contribution in [2.24, 2.45) is 0 Å². The van der Waals surface area contributed by atoms with Gasteiger partial charge in [-0.3, -0.25) is 0 Å². The fraction of sp³-hybridized carbons (Fsp3) is 0.0476. The van der Waals surface area contributed by atoms with E-state index in [9.17, 15) is 0 Å². The van der Waals surface area contributed by atoms with Gasteiger partial charge in [-0.15, -0.1) is 0 Å². The second-order valence-corrected chi connectivity index (χ2v) is 4.94. The molecule has 0 aliphatic rings. The molecular weight excluding hydrogens is 252 g/mol. The van der Waals surface area contributed by atoms with E-state index in [1.807, 2.05) is 42.5 Å². The Morgan fingerprint density at radius 2 is 1.19 bits per heavy atom. The van der Waals surface area contributed by atoms with E-state index in [1.54, 1.807) is 0 Å². The largest absolute Gasteiger partial charge is 0.0622 e. The number of hydrogen-bond donors (Lipinski definition) is 0. The minimum atomic E-state index is 0.917. The summed E-state index contributed by atoms with van der Waals surface area (Å²) >= 11 is 0. The molecule has 0 nitrogen and oxygen atoms in total. The number of rotatable bonds is 2. The van der Waals surface area contributed by atoms with Crippen LogP contribution >= 0.6 is 0 Å². The summed E-state index contributed by atoms with van der Waals surface area (Å²) in [4.78, 5) is 0. The topological polar surface area (TPSA) is 0 Å². The maximum absolute atomic E-state index is 3.30. The lowest BCUT2D eigenvalue weighted by Crippen LogP contribution is -1.91. The van der Waals surface area contributed by atoms with Crippen molar-refractivity contribution in [1.29, 1.82) is 0 Å². The Kier molecular flexibility index (Phi) is 4.15. The molecule has 0 amide bonds. The van der Waals surface area contributed by atoms with E-state index >= 15 is 0 Å². The monoisotopic (exact) mass is 268 g/mol. The van der Waals surface area contributed by atoms with Gasteiger partial charge < -0.3 is 0 Å². The fourth-order valence-corrected chi connectivity index (χ4v) is 2.27. The third-order valence-corrected chi connectivity index (χ3v) is 3.37. The summed E-state index contributed by atoms with van der Waals surface area (Å²) < 4.78 is 0. The van der Waals surface area contributed by atoms with Crippen molar-refractivity contribution in [2.75, 3.05) is 0 Å². The predicted octanol–water partition coefficient (Wildman–Crippen LogP) is 4.68. The average Bonchev–Trinajstić information content (AvgIpc) is 2.56. The molecule has 0 aliphatic carbocycles. The van der Waals surface area contributed by atoms with Gasteiger partial charge in [-0.1, -0.05) is 78.6 Å². The van der Waals surface area contributed by atoms with Crippen LogP contribution < -0.4 is 0 Å². The Labute approximate surface area is 126 Å². The van der Waals surface area contributed by atoms with E-state index in [0.717, 1.165) is 17.5 Å². The second-order valence-electron chi connectivity index (χ2n) is 4.94. The Bertz CT molecular complexity index is 759. The lowest BCUT2D eigenvalue weighted by molar-refractivity contribution is 1.18. The molecule has 0 saturated carbocycles. The van der Waals surface area contributed by atoms with E-state index in [2.05, 4.69) is 54.3 Å². The molecule has 0 atom stereocenters. The minimum absolute atomic E-state index is 0.917. The zero-order chi connectivity index (χ0) is 14.3. The second kappa shape index (κ2) is 6.59. The third-order valence-electron chi connectivity index (χ3n) is 3.37. The molecule has 0 fully saturated rings. The summed E-state index contributed by atoms with van der Waals surface area (Å²) in [7, 11) is 0. The molecule has 0 unspecified atom stereocenters. The van der Waals surface area contributed by atoms with Gasteiger partial charge in [-0.05, 0) is 35.7 Å². The highest BCUT2D eigenvalue weighted by molar-refractivity contribution is 5.47. The smallest absolute Gasteiger partial charge is 0.0284 e. The average molecular weight is 268 g/mol. The molecule has 3 aromatic rings. The summed E-state index contributed by atoms with van der Waals surface area (Å²) in [5.41, 5.74) is 4.73.